The first-order chi connectivity index (χ1) is 35.2. The minimum absolute atomic E-state index is 0.000154. The normalized spacial score (nSPS) is 14.4. The number of rotatable bonds is 7. The Morgan fingerprint density at radius 1 is 0.366 bits per heavy atom. The second-order valence-corrected chi connectivity index (χ2v) is 18.4. The van der Waals surface area contributed by atoms with Crippen molar-refractivity contribution in [1.82, 2.24) is 15.0 Å². The molecule has 1 spiro atoms. The molecule has 71 heavy (non-hydrogen) atoms. The van der Waals surface area contributed by atoms with Gasteiger partial charge in [-0.1, -0.05) is 200 Å². The minimum Gasteiger partial charge on any atom is -0.457 e. The van der Waals surface area contributed by atoms with E-state index >= 15 is 0 Å². The second-order valence-electron chi connectivity index (χ2n) is 18.4. The molecule has 0 saturated carbocycles. The van der Waals surface area contributed by atoms with Crippen LogP contribution in [0.1, 0.15) is 34.0 Å². The summed E-state index contributed by atoms with van der Waals surface area (Å²) < 4.78 is 6.75. The molecule has 1 N–H and O–H groups in total. The fourth-order valence-corrected chi connectivity index (χ4v) is 11.1. The molecule has 1 aromatic heterocycles. The Kier molecular flexibility index (Phi) is 9.39. The van der Waals surface area contributed by atoms with E-state index in [2.05, 4.69) is 198 Å². The van der Waals surface area contributed by atoms with E-state index < -0.39 is 5.41 Å². The van der Waals surface area contributed by atoms with Gasteiger partial charge in [0.2, 0.25) is 0 Å². The van der Waals surface area contributed by atoms with Crippen LogP contribution >= 0.6 is 0 Å². The van der Waals surface area contributed by atoms with E-state index in [1.54, 1.807) is 0 Å². The van der Waals surface area contributed by atoms with Crippen LogP contribution in [0.3, 0.4) is 0 Å². The molecule has 0 bridgehead atoms. The predicted octanol–water partition coefficient (Wildman–Crippen LogP) is 15.9. The second kappa shape index (κ2) is 16.4. The SMILES string of the molecule is c1ccc(-c2nc(-c3ccccc3)nc(-c3ccc4c(c3)C3(c5ccccc5Oc5ccccc53)c3cc(-c5ccc(-c6ccc(N7c8ccccc8NC7c7ccccc7)cc6)cc5)ccc3-4)n2)cc1. The van der Waals surface area contributed by atoms with Gasteiger partial charge in [-0.15, -0.1) is 0 Å². The van der Waals surface area contributed by atoms with Gasteiger partial charge in [0.15, 0.2) is 17.5 Å². The lowest BCUT2D eigenvalue weighted by Gasteiger charge is -2.39. The van der Waals surface area contributed by atoms with Gasteiger partial charge in [0.1, 0.15) is 17.7 Å². The van der Waals surface area contributed by atoms with Gasteiger partial charge in [-0.25, -0.2) is 15.0 Å². The molecule has 6 nitrogen and oxygen atoms in total. The van der Waals surface area contributed by atoms with Crippen LogP contribution in [0.25, 0.3) is 67.5 Å². The summed E-state index contributed by atoms with van der Waals surface area (Å²) >= 11 is 0. The zero-order chi connectivity index (χ0) is 46.9. The van der Waals surface area contributed by atoms with Crippen molar-refractivity contribution in [1.29, 1.82) is 0 Å². The third-order valence-corrected chi connectivity index (χ3v) is 14.4. The monoisotopic (exact) mass is 909 g/mol. The van der Waals surface area contributed by atoms with Crippen LogP contribution in [-0.4, -0.2) is 15.0 Å². The maximum atomic E-state index is 6.75. The fourth-order valence-electron chi connectivity index (χ4n) is 11.1. The standard InChI is InChI=1S/C65H43N5O/c1-4-16-45(17-5-1)61-67-62(46-18-6-2-7-19-46)69-63(68-61)49-35-39-52-51-38-34-48(40-55(51)65(56(52)41-49)53-22-10-14-26-59(53)71-60-27-15-11-23-54(60)65)44-30-28-42(29-31-44)43-32-36-50(37-33-43)70-58-25-13-12-24-57(58)66-64(70)47-20-8-3-9-21-47/h1-41,64,66H. The fraction of sp³-hybridized carbons (Fsp3) is 0.0308. The molecule has 334 valence electrons. The van der Waals surface area contributed by atoms with Crippen LogP contribution in [0.4, 0.5) is 17.1 Å². The van der Waals surface area contributed by atoms with Gasteiger partial charge in [-0.2, -0.15) is 0 Å². The topological polar surface area (TPSA) is 63.2 Å². The molecule has 3 heterocycles. The quantitative estimate of drug-likeness (QED) is 0.172. The molecule has 3 aliphatic rings. The first-order valence-electron chi connectivity index (χ1n) is 24.1. The number of ether oxygens (including phenoxy) is 1. The summed E-state index contributed by atoms with van der Waals surface area (Å²) in [6, 6.07) is 88.2. The van der Waals surface area contributed by atoms with Gasteiger partial charge >= 0.3 is 0 Å². The zero-order valence-corrected chi connectivity index (χ0v) is 38.4. The Bertz CT molecular complexity index is 3720. The van der Waals surface area contributed by atoms with Crippen LogP contribution < -0.4 is 15.0 Å². The molecule has 0 saturated heterocycles. The Labute approximate surface area is 412 Å². The molecule has 14 rings (SSSR count). The first kappa shape index (κ1) is 40.7. The summed E-state index contributed by atoms with van der Waals surface area (Å²) in [6.07, 6.45) is -0.000154. The molecule has 1 aliphatic carbocycles. The van der Waals surface area contributed by atoms with Gasteiger partial charge in [-0.3, -0.25) is 0 Å². The highest BCUT2D eigenvalue weighted by Gasteiger charge is 2.51. The van der Waals surface area contributed by atoms with Gasteiger partial charge in [0.25, 0.3) is 0 Å². The van der Waals surface area contributed by atoms with Gasteiger partial charge < -0.3 is 15.0 Å². The molecule has 1 atom stereocenters. The Morgan fingerprint density at radius 3 is 1.39 bits per heavy atom. The van der Waals surface area contributed by atoms with Crippen LogP contribution in [0.2, 0.25) is 0 Å². The van der Waals surface area contributed by atoms with E-state index in [0.717, 1.165) is 78.5 Å². The largest absolute Gasteiger partial charge is 0.457 e. The van der Waals surface area contributed by atoms with Gasteiger partial charge in [0, 0.05) is 33.5 Å². The number of fused-ring (bicyclic) bond motifs is 10. The van der Waals surface area contributed by atoms with Crippen molar-refractivity contribution in [3.05, 3.63) is 277 Å². The zero-order valence-electron chi connectivity index (χ0n) is 38.4. The van der Waals surface area contributed by atoms with Crippen LogP contribution in [0.15, 0.2) is 249 Å². The smallest absolute Gasteiger partial charge is 0.164 e. The third kappa shape index (κ3) is 6.60. The predicted molar refractivity (Wildman–Crippen MR) is 286 cm³/mol. The van der Waals surface area contributed by atoms with E-state index in [1.807, 2.05) is 60.7 Å². The van der Waals surface area contributed by atoms with Crippen molar-refractivity contribution in [3.8, 4) is 79.0 Å². The minimum atomic E-state index is -0.702. The van der Waals surface area contributed by atoms with Crippen LogP contribution in [-0.2, 0) is 5.41 Å². The number of nitrogens with zero attached hydrogens (tertiary/aromatic N) is 4. The number of hydrogen-bond donors (Lipinski definition) is 1. The number of benzene rings is 10. The number of hydrogen-bond acceptors (Lipinski definition) is 6. The molecular weight excluding hydrogens is 867 g/mol. The highest BCUT2D eigenvalue weighted by atomic mass is 16.5. The summed E-state index contributed by atoms with van der Waals surface area (Å²) in [6.45, 7) is 0. The van der Waals surface area contributed by atoms with E-state index in [4.69, 9.17) is 19.7 Å². The van der Waals surface area contributed by atoms with Gasteiger partial charge in [0.05, 0.1) is 16.8 Å². The van der Waals surface area contributed by atoms with E-state index in [-0.39, 0.29) is 6.17 Å². The molecule has 6 heteroatoms. The molecule has 1 unspecified atom stereocenters. The maximum Gasteiger partial charge on any atom is 0.164 e. The maximum absolute atomic E-state index is 6.75. The third-order valence-electron chi connectivity index (χ3n) is 14.4. The van der Waals surface area contributed by atoms with E-state index in [9.17, 15) is 0 Å². The van der Waals surface area contributed by atoms with Crippen molar-refractivity contribution >= 4 is 17.1 Å². The van der Waals surface area contributed by atoms with Crippen molar-refractivity contribution in [2.75, 3.05) is 10.2 Å². The van der Waals surface area contributed by atoms with Crippen molar-refractivity contribution in [3.63, 3.8) is 0 Å². The van der Waals surface area contributed by atoms with E-state index in [0.29, 0.717) is 17.5 Å². The van der Waals surface area contributed by atoms with Crippen LogP contribution in [0, 0.1) is 0 Å². The Balaban J connectivity index is 0.866. The average Bonchev–Trinajstić information content (AvgIpc) is 3.98. The van der Waals surface area contributed by atoms with E-state index in [1.165, 1.54) is 27.9 Å². The Hall–Kier alpha value is -9.39. The Morgan fingerprint density at radius 2 is 0.803 bits per heavy atom. The number of aromatic nitrogens is 3. The summed E-state index contributed by atoms with van der Waals surface area (Å²) in [5.41, 5.74) is 18.3. The van der Waals surface area contributed by atoms with Gasteiger partial charge in [-0.05, 0) is 98.6 Å². The number of anilines is 3. The van der Waals surface area contributed by atoms with Crippen molar-refractivity contribution in [2.24, 2.45) is 0 Å². The molecule has 0 radical (unpaired) electrons. The lowest BCUT2D eigenvalue weighted by molar-refractivity contribution is 0.436. The molecule has 10 aromatic carbocycles. The molecule has 2 aliphatic heterocycles. The summed E-state index contributed by atoms with van der Waals surface area (Å²) in [5.74, 6) is 3.56. The number of nitrogens with one attached hydrogen (secondary N) is 1. The van der Waals surface area contributed by atoms with Crippen molar-refractivity contribution in [2.45, 2.75) is 11.6 Å². The lowest BCUT2D eigenvalue weighted by Crippen LogP contribution is -2.32. The first-order valence-corrected chi connectivity index (χ1v) is 24.1. The lowest BCUT2D eigenvalue weighted by atomic mass is 9.65. The molecule has 0 fully saturated rings. The highest BCUT2D eigenvalue weighted by Crippen LogP contribution is 2.63. The average molecular weight is 910 g/mol. The summed E-state index contributed by atoms with van der Waals surface area (Å²) in [4.78, 5) is 17.7. The molecule has 0 amide bonds. The highest BCUT2D eigenvalue weighted by molar-refractivity contribution is 5.92. The van der Waals surface area contributed by atoms with Crippen LogP contribution in [0.5, 0.6) is 11.5 Å². The molecule has 11 aromatic rings. The molecular formula is C65H43N5O. The number of para-hydroxylation sites is 4. The summed E-state index contributed by atoms with van der Waals surface area (Å²) in [7, 11) is 0. The summed E-state index contributed by atoms with van der Waals surface area (Å²) in [5, 5.41) is 3.75. The van der Waals surface area contributed by atoms with Crippen molar-refractivity contribution < 1.29 is 4.74 Å².